The first-order valence-corrected chi connectivity index (χ1v) is 8.07. The molecule has 0 saturated heterocycles. The highest BCUT2D eigenvalue weighted by molar-refractivity contribution is 7.92. The summed E-state index contributed by atoms with van der Waals surface area (Å²) in [6.07, 6.45) is 1.59. The van der Waals surface area contributed by atoms with Crippen molar-refractivity contribution < 1.29 is 12.8 Å². The van der Waals surface area contributed by atoms with Crippen LogP contribution in [0.1, 0.15) is 12.0 Å². The van der Waals surface area contributed by atoms with Gasteiger partial charge in [0.1, 0.15) is 10.7 Å². The minimum absolute atomic E-state index is 0.364. The number of benzene rings is 2. The van der Waals surface area contributed by atoms with E-state index in [1.54, 1.807) is 18.2 Å². The van der Waals surface area contributed by atoms with Crippen LogP contribution in [0, 0.1) is 5.82 Å². The van der Waals surface area contributed by atoms with Crippen LogP contribution in [0.15, 0.2) is 53.4 Å². The first-order chi connectivity index (χ1) is 10.0. The lowest BCUT2D eigenvalue weighted by Gasteiger charge is -2.10. The lowest BCUT2D eigenvalue weighted by Crippen LogP contribution is -2.14. The van der Waals surface area contributed by atoms with Gasteiger partial charge in [0.25, 0.3) is 10.0 Å². The van der Waals surface area contributed by atoms with E-state index >= 15 is 0 Å². The zero-order valence-corrected chi connectivity index (χ0v) is 12.2. The maximum atomic E-state index is 13.6. The van der Waals surface area contributed by atoms with Crippen LogP contribution in [-0.4, -0.2) is 15.0 Å². The van der Waals surface area contributed by atoms with Crippen molar-refractivity contribution in [3.8, 4) is 0 Å². The summed E-state index contributed by atoms with van der Waals surface area (Å²) in [5.41, 5.74) is 6.85. The van der Waals surface area contributed by atoms with Crippen molar-refractivity contribution in [1.82, 2.24) is 0 Å². The summed E-state index contributed by atoms with van der Waals surface area (Å²) in [7, 11) is -3.93. The standard InChI is InChI=1S/C15H17FN2O2S/c16-14-8-1-2-9-15(14)21(19,20)18-13-7-3-5-12(11-13)6-4-10-17/h1-3,5,7-9,11,18H,4,6,10,17H2. The number of sulfonamides is 1. The highest BCUT2D eigenvalue weighted by Gasteiger charge is 2.18. The molecule has 2 rings (SSSR count). The number of aryl methyl sites for hydroxylation is 1. The topological polar surface area (TPSA) is 72.2 Å². The molecule has 0 unspecified atom stereocenters. The Morgan fingerprint density at radius 1 is 1.10 bits per heavy atom. The van der Waals surface area contributed by atoms with Gasteiger partial charge in [0.05, 0.1) is 0 Å². The Bertz CT molecular complexity index is 717. The highest BCUT2D eigenvalue weighted by Crippen LogP contribution is 2.19. The Balaban J connectivity index is 2.23. The molecule has 0 aliphatic carbocycles. The van der Waals surface area contributed by atoms with E-state index in [1.807, 2.05) is 6.07 Å². The minimum atomic E-state index is -3.93. The maximum Gasteiger partial charge on any atom is 0.264 e. The van der Waals surface area contributed by atoms with Gasteiger partial charge in [-0.25, -0.2) is 12.8 Å². The number of nitrogens with one attached hydrogen (secondary N) is 1. The molecule has 0 aromatic heterocycles. The summed E-state index contributed by atoms with van der Waals surface area (Å²) in [5.74, 6) is -0.774. The van der Waals surface area contributed by atoms with Crippen molar-refractivity contribution in [2.24, 2.45) is 5.73 Å². The molecule has 3 N–H and O–H groups in total. The molecule has 112 valence electrons. The van der Waals surface area contributed by atoms with E-state index in [0.29, 0.717) is 12.2 Å². The zero-order chi connectivity index (χ0) is 15.3. The van der Waals surface area contributed by atoms with Crippen LogP contribution >= 0.6 is 0 Å². The number of rotatable bonds is 6. The third kappa shape index (κ3) is 4.03. The van der Waals surface area contributed by atoms with Gasteiger partial charge in [-0.3, -0.25) is 4.72 Å². The molecule has 0 heterocycles. The molecule has 0 aliphatic heterocycles. The summed E-state index contributed by atoms with van der Waals surface area (Å²) in [6.45, 7) is 0.575. The number of hydrogen-bond donors (Lipinski definition) is 2. The second-order valence-electron chi connectivity index (χ2n) is 4.63. The maximum absolute atomic E-state index is 13.6. The quantitative estimate of drug-likeness (QED) is 0.861. The molecule has 0 aliphatic rings. The Morgan fingerprint density at radius 2 is 1.86 bits per heavy atom. The van der Waals surface area contributed by atoms with Crippen LogP contribution < -0.4 is 10.5 Å². The monoisotopic (exact) mass is 308 g/mol. The van der Waals surface area contributed by atoms with Crippen LogP contribution in [0.5, 0.6) is 0 Å². The molecule has 2 aromatic carbocycles. The van der Waals surface area contributed by atoms with E-state index in [-0.39, 0.29) is 4.90 Å². The SMILES string of the molecule is NCCCc1cccc(NS(=O)(=O)c2ccccc2F)c1. The molecule has 0 bridgehead atoms. The Labute approximate surface area is 123 Å². The lowest BCUT2D eigenvalue weighted by molar-refractivity contribution is 0.570. The summed E-state index contributed by atoms with van der Waals surface area (Å²) >= 11 is 0. The second-order valence-corrected chi connectivity index (χ2v) is 6.28. The molecule has 0 radical (unpaired) electrons. The first kappa shape index (κ1) is 15.5. The summed E-state index contributed by atoms with van der Waals surface area (Å²) in [4.78, 5) is -0.364. The second kappa shape index (κ2) is 6.69. The number of anilines is 1. The van der Waals surface area contributed by atoms with Crippen molar-refractivity contribution in [3.05, 3.63) is 59.9 Å². The largest absolute Gasteiger partial charge is 0.330 e. The van der Waals surface area contributed by atoms with Crippen LogP contribution in [-0.2, 0) is 16.4 Å². The van der Waals surface area contributed by atoms with Gasteiger partial charge in [-0.1, -0.05) is 24.3 Å². The van der Waals surface area contributed by atoms with Crippen molar-refractivity contribution in [2.45, 2.75) is 17.7 Å². The lowest BCUT2D eigenvalue weighted by atomic mass is 10.1. The summed E-state index contributed by atoms with van der Waals surface area (Å²) in [6, 6.07) is 12.3. The predicted molar refractivity (Wildman–Crippen MR) is 81.0 cm³/mol. The molecule has 2 aromatic rings. The fraction of sp³-hybridized carbons (Fsp3) is 0.200. The molecule has 0 spiro atoms. The van der Waals surface area contributed by atoms with Crippen molar-refractivity contribution in [1.29, 1.82) is 0 Å². The molecule has 6 heteroatoms. The number of nitrogens with two attached hydrogens (primary N) is 1. The van der Waals surface area contributed by atoms with E-state index in [4.69, 9.17) is 5.73 Å². The van der Waals surface area contributed by atoms with Gasteiger partial charge in [-0.15, -0.1) is 0 Å². The van der Waals surface area contributed by atoms with Crippen molar-refractivity contribution in [3.63, 3.8) is 0 Å². The van der Waals surface area contributed by atoms with Crippen LogP contribution in [0.4, 0.5) is 10.1 Å². The average Bonchev–Trinajstić information content (AvgIpc) is 2.45. The fourth-order valence-electron chi connectivity index (χ4n) is 1.97. The molecule has 0 fully saturated rings. The molecular weight excluding hydrogens is 291 g/mol. The molecule has 0 atom stereocenters. The third-order valence-corrected chi connectivity index (χ3v) is 4.39. The minimum Gasteiger partial charge on any atom is -0.330 e. The van der Waals surface area contributed by atoms with Gasteiger partial charge in [0.15, 0.2) is 0 Å². The first-order valence-electron chi connectivity index (χ1n) is 6.59. The van der Waals surface area contributed by atoms with Crippen molar-refractivity contribution in [2.75, 3.05) is 11.3 Å². The zero-order valence-electron chi connectivity index (χ0n) is 11.4. The van der Waals surface area contributed by atoms with Crippen LogP contribution in [0.2, 0.25) is 0 Å². The molecule has 0 saturated carbocycles. The van der Waals surface area contributed by atoms with E-state index in [1.165, 1.54) is 18.2 Å². The number of hydrogen-bond acceptors (Lipinski definition) is 3. The van der Waals surface area contributed by atoms with Crippen LogP contribution in [0.3, 0.4) is 0 Å². The van der Waals surface area contributed by atoms with Gasteiger partial charge in [0, 0.05) is 5.69 Å². The highest BCUT2D eigenvalue weighted by atomic mass is 32.2. The Morgan fingerprint density at radius 3 is 2.57 bits per heavy atom. The summed E-state index contributed by atoms with van der Waals surface area (Å²) in [5, 5.41) is 0. The Kier molecular flexibility index (Phi) is 4.93. The van der Waals surface area contributed by atoms with Gasteiger partial charge < -0.3 is 5.73 Å². The molecule has 0 amide bonds. The normalized spacial score (nSPS) is 11.3. The van der Waals surface area contributed by atoms with E-state index < -0.39 is 15.8 Å². The molecule has 21 heavy (non-hydrogen) atoms. The summed E-state index contributed by atoms with van der Waals surface area (Å²) < 4.78 is 40.3. The average molecular weight is 308 g/mol. The van der Waals surface area contributed by atoms with Gasteiger partial charge in [0.2, 0.25) is 0 Å². The van der Waals surface area contributed by atoms with E-state index in [2.05, 4.69) is 4.72 Å². The third-order valence-electron chi connectivity index (χ3n) is 2.97. The van der Waals surface area contributed by atoms with E-state index in [9.17, 15) is 12.8 Å². The van der Waals surface area contributed by atoms with Crippen LogP contribution in [0.25, 0.3) is 0 Å². The molecular formula is C15H17FN2O2S. The van der Waals surface area contributed by atoms with Gasteiger partial charge in [-0.05, 0) is 49.2 Å². The fourth-order valence-corrected chi connectivity index (χ4v) is 3.10. The van der Waals surface area contributed by atoms with E-state index in [0.717, 1.165) is 24.5 Å². The number of halogens is 1. The van der Waals surface area contributed by atoms with Gasteiger partial charge >= 0.3 is 0 Å². The smallest absolute Gasteiger partial charge is 0.264 e. The van der Waals surface area contributed by atoms with Crippen molar-refractivity contribution >= 4 is 15.7 Å². The molecule has 4 nitrogen and oxygen atoms in total. The van der Waals surface area contributed by atoms with Gasteiger partial charge in [-0.2, -0.15) is 0 Å². The Hall–Kier alpha value is -1.92. The predicted octanol–water partition coefficient (Wildman–Crippen LogP) is 2.52.